The van der Waals surface area contributed by atoms with Crippen molar-refractivity contribution < 1.29 is 4.74 Å². The number of piperidine rings is 1. The lowest BCUT2D eigenvalue weighted by Gasteiger charge is -2.29. The van der Waals surface area contributed by atoms with Gasteiger partial charge in [0.25, 0.3) is 0 Å². The van der Waals surface area contributed by atoms with E-state index in [9.17, 15) is 0 Å². The molecule has 102 valence electrons. The van der Waals surface area contributed by atoms with E-state index in [1.165, 1.54) is 18.4 Å². The van der Waals surface area contributed by atoms with Gasteiger partial charge in [-0.25, -0.2) is 0 Å². The highest BCUT2D eigenvalue weighted by molar-refractivity contribution is 5.78. The van der Waals surface area contributed by atoms with Gasteiger partial charge in [-0.15, -0.1) is 0 Å². The molecule has 0 saturated carbocycles. The molecule has 0 aliphatic carbocycles. The molecule has 3 heteroatoms. The molecule has 0 unspecified atom stereocenters. The number of fused-ring (bicyclic) bond motifs is 2. The number of ether oxygens (including phenoxy) is 1. The van der Waals surface area contributed by atoms with Gasteiger partial charge in [0.15, 0.2) is 11.5 Å². The van der Waals surface area contributed by atoms with Crippen LogP contribution in [0.25, 0.3) is 0 Å². The molecule has 2 aromatic carbocycles. The van der Waals surface area contributed by atoms with E-state index in [0.29, 0.717) is 5.92 Å². The molecule has 0 aromatic heterocycles. The highest BCUT2D eigenvalue weighted by atomic mass is 16.5. The molecule has 4 rings (SSSR count). The zero-order valence-electron chi connectivity index (χ0n) is 11.4. The molecule has 1 fully saturated rings. The van der Waals surface area contributed by atoms with Crippen molar-refractivity contribution >= 4 is 11.4 Å². The summed E-state index contributed by atoms with van der Waals surface area (Å²) in [6.07, 6.45) is 2.39. The van der Waals surface area contributed by atoms with Crippen LogP contribution in [0.1, 0.15) is 24.3 Å². The fourth-order valence-corrected chi connectivity index (χ4v) is 3.15. The van der Waals surface area contributed by atoms with Gasteiger partial charge in [-0.05, 0) is 55.6 Å². The van der Waals surface area contributed by atoms with Crippen molar-refractivity contribution in [3.8, 4) is 11.5 Å². The Balaban J connectivity index is 1.74. The average Bonchev–Trinajstić information content (AvgIpc) is 2.53. The van der Waals surface area contributed by atoms with Crippen molar-refractivity contribution in [2.75, 3.05) is 18.4 Å². The second-order valence-corrected chi connectivity index (χ2v) is 5.47. The summed E-state index contributed by atoms with van der Waals surface area (Å²) in [6.45, 7) is 2.21. The number of benzene rings is 2. The molecule has 0 spiro atoms. The number of para-hydroxylation sites is 3. The molecule has 0 amide bonds. The summed E-state index contributed by atoms with van der Waals surface area (Å²) in [5.41, 5.74) is 3.60. The first kappa shape index (κ1) is 11.8. The van der Waals surface area contributed by atoms with Gasteiger partial charge in [-0.3, -0.25) is 0 Å². The molecule has 1 saturated heterocycles. The second kappa shape index (κ2) is 4.84. The quantitative estimate of drug-likeness (QED) is 0.698. The molecule has 0 radical (unpaired) electrons. The predicted molar refractivity (Wildman–Crippen MR) is 81.1 cm³/mol. The molecular weight excluding hydrogens is 248 g/mol. The highest BCUT2D eigenvalue weighted by Crippen LogP contribution is 2.46. The van der Waals surface area contributed by atoms with E-state index in [2.05, 4.69) is 28.8 Å². The van der Waals surface area contributed by atoms with Gasteiger partial charge in [0.1, 0.15) is 0 Å². The maximum absolute atomic E-state index is 6.03. The molecule has 0 atom stereocenters. The van der Waals surface area contributed by atoms with E-state index >= 15 is 0 Å². The molecule has 2 N–H and O–H groups in total. The first-order valence-corrected chi connectivity index (χ1v) is 7.29. The Kier molecular flexibility index (Phi) is 2.85. The van der Waals surface area contributed by atoms with Crippen LogP contribution in [0.4, 0.5) is 11.4 Å². The first-order chi connectivity index (χ1) is 9.92. The van der Waals surface area contributed by atoms with Crippen molar-refractivity contribution in [1.82, 2.24) is 5.32 Å². The van der Waals surface area contributed by atoms with Gasteiger partial charge in [-0.2, -0.15) is 0 Å². The van der Waals surface area contributed by atoms with Crippen molar-refractivity contribution in [3.63, 3.8) is 0 Å². The standard InChI is InChI=1S/C17H18N2O/c1-2-6-15-14(5-1)19-17-13(4-3-7-16(17)20-15)12-8-10-18-11-9-12/h1-7,12,18-19H,8-11H2. The fourth-order valence-electron chi connectivity index (χ4n) is 3.15. The predicted octanol–water partition coefficient (Wildman–Crippen LogP) is 4.00. The Morgan fingerprint density at radius 2 is 1.70 bits per heavy atom. The van der Waals surface area contributed by atoms with Crippen LogP contribution in [0.3, 0.4) is 0 Å². The molecule has 2 aliphatic rings. The monoisotopic (exact) mass is 266 g/mol. The van der Waals surface area contributed by atoms with Crippen LogP contribution in [0, 0.1) is 0 Å². The van der Waals surface area contributed by atoms with Crippen LogP contribution in [0.15, 0.2) is 42.5 Å². The Bertz CT molecular complexity index is 633. The lowest BCUT2D eigenvalue weighted by atomic mass is 9.88. The Hall–Kier alpha value is -2.00. The third kappa shape index (κ3) is 1.95. The van der Waals surface area contributed by atoms with Crippen LogP contribution in [0.5, 0.6) is 11.5 Å². The summed E-state index contributed by atoms with van der Waals surface area (Å²) >= 11 is 0. The SMILES string of the molecule is c1ccc2c(c1)Nc1c(cccc1C1CCNCC1)O2. The van der Waals surface area contributed by atoms with Crippen LogP contribution in [-0.2, 0) is 0 Å². The Morgan fingerprint density at radius 1 is 0.900 bits per heavy atom. The Labute approximate surface area is 119 Å². The molecule has 2 aliphatic heterocycles. The highest BCUT2D eigenvalue weighted by Gasteiger charge is 2.24. The minimum atomic E-state index is 0.618. The number of nitrogens with one attached hydrogen (secondary N) is 2. The van der Waals surface area contributed by atoms with Crippen molar-refractivity contribution in [3.05, 3.63) is 48.0 Å². The number of rotatable bonds is 1. The van der Waals surface area contributed by atoms with E-state index in [0.717, 1.165) is 36.0 Å². The minimum Gasteiger partial charge on any atom is -0.453 e. The maximum atomic E-state index is 6.03. The first-order valence-electron chi connectivity index (χ1n) is 7.29. The van der Waals surface area contributed by atoms with Crippen LogP contribution in [0.2, 0.25) is 0 Å². The van der Waals surface area contributed by atoms with Crippen LogP contribution in [-0.4, -0.2) is 13.1 Å². The normalized spacial score (nSPS) is 17.6. The van der Waals surface area contributed by atoms with E-state index in [-0.39, 0.29) is 0 Å². The van der Waals surface area contributed by atoms with Gasteiger partial charge in [0, 0.05) is 0 Å². The van der Waals surface area contributed by atoms with Gasteiger partial charge in [0.05, 0.1) is 11.4 Å². The van der Waals surface area contributed by atoms with Gasteiger partial charge in [0.2, 0.25) is 0 Å². The summed E-state index contributed by atoms with van der Waals surface area (Å²) in [7, 11) is 0. The smallest absolute Gasteiger partial charge is 0.151 e. The van der Waals surface area contributed by atoms with E-state index in [1.54, 1.807) is 0 Å². The number of hydrogen-bond donors (Lipinski definition) is 2. The number of anilines is 2. The van der Waals surface area contributed by atoms with Crippen molar-refractivity contribution in [2.45, 2.75) is 18.8 Å². The second-order valence-electron chi connectivity index (χ2n) is 5.47. The number of hydrogen-bond acceptors (Lipinski definition) is 3. The largest absolute Gasteiger partial charge is 0.453 e. The summed E-state index contributed by atoms with van der Waals surface area (Å²) in [5.74, 6) is 2.47. The van der Waals surface area contributed by atoms with Crippen molar-refractivity contribution in [1.29, 1.82) is 0 Å². The summed E-state index contributed by atoms with van der Waals surface area (Å²) < 4.78 is 6.03. The maximum Gasteiger partial charge on any atom is 0.151 e. The van der Waals surface area contributed by atoms with E-state index in [1.807, 2.05) is 24.3 Å². The zero-order valence-corrected chi connectivity index (χ0v) is 11.4. The summed E-state index contributed by atoms with van der Waals surface area (Å²) in [6, 6.07) is 14.5. The third-order valence-corrected chi connectivity index (χ3v) is 4.20. The molecular formula is C17H18N2O. The minimum absolute atomic E-state index is 0.618. The van der Waals surface area contributed by atoms with E-state index in [4.69, 9.17) is 4.74 Å². The molecule has 0 bridgehead atoms. The van der Waals surface area contributed by atoms with Gasteiger partial charge < -0.3 is 15.4 Å². The molecule has 2 heterocycles. The topological polar surface area (TPSA) is 33.3 Å². The van der Waals surface area contributed by atoms with Gasteiger partial charge >= 0.3 is 0 Å². The van der Waals surface area contributed by atoms with Gasteiger partial charge in [-0.1, -0.05) is 24.3 Å². The molecule has 2 aromatic rings. The molecule has 3 nitrogen and oxygen atoms in total. The van der Waals surface area contributed by atoms with Crippen LogP contribution >= 0.6 is 0 Å². The fraction of sp³-hybridized carbons (Fsp3) is 0.294. The van der Waals surface area contributed by atoms with Crippen molar-refractivity contribution in [2.24, 2.45) is 0 Å². The zero-order chi connectivity index (χ0) is 13.4. The lowest BCUT2D eigenvalue weighted by molar-refractivity contribution is 0.454. The Morgan fingerprint density at radius 3 is 2.60 bits per heavy atom. The molecule has 20 heavy (non-hydrogen) atoms. The lowest BCUT2D eigenvalue weighted by Crippen LogP contribution is -2.27. The summed E-state index contributed by atoms with van der Waals surface area (Å²) in [4.78, 5) is 0. The van der Waals surface area contributed by atoms with E-state index < -0.39 is 0 Å². The van der Waals surface area contributed by atoms with Crippen LogP contribution < -0.4 is 15.4 Å². The average molecular weight is 266 g/mol. The third-order valence-electron chi connectivity index (χ3n) is 4.20. The summed E-state index contributed by atoms with van der Waals surface area (Å²) in [5, 5.41) is 6.99.